The van der Waals surface area contributed by atoms with Crippen molar-refractivity contribution >= 4 is 23.7 Å². The van der Waals surface area contributed by atoms with E-state index in [9.17, 15) is 18.8 Å². The number of anilines is 1. The van der Waals surface area contributed by atoms with E-state index in [2.05, 4.69) is 23.6 Å². The third kappa shape index (κ3) is 9.10. The van der Waals surface area contributed by atoms with Crippen LogP contribution in [-0.4, -0.2) is 119 Å². The van der Waals surface area contributed by atoms with Crippen LogP contribution in [0.4, 0.5) is 14.9 Å². The Balaban J connectivity index is 1.44. The maximum atomic E-state index is 14.5. The minimum Gasteiger partial charge on any atom is -0.474 e. The molecule has 1 aromatic carbocycles. The molecule has 1 aromatic heterocycles. The lowest BCUT2D eigenvalue weighted by molar-refractivity contribution is -0.142. The van der Waals surface area contributed by atoms with E-state index in [0.29, 0.717) is 50.7 Å². The minimum atomic E-state index is -0.631. The Labute approximate surface area is 294 Å². The number of hydrogen-bond acceptors (Lipinski definition) is 10. The van der Waals surface area contributed by atoms with Gasteiger partial charge in [0, 0.05) is 50.7 Å². The van der Waals surface area contributed by atoms with Gasteiger partial charge in [-0.2, -0.15) is 0 Å². The lowest BCUT2D eigenvalue weighted by Gasteiger charge is -2.49. The summed E-state index contributed by atoms with van der Waals surface area (Å²) in [6.45, 7) is 18.2. The zero-order chi connectivity index (χ0) is 36.3. The fraction of sp³-hybridized carbons (Fsp3) is 0.622. The van der Waals surface area contributed by atoms with Crippen molar-refractivity contribution in [3.63, 3.8) is 0 Å². The highest BCUT2D eigenvalue weighted by Crippen LogP contribution is 2.36. The molecule has 50 heavy (non-hydrogen) atoms. The largest absolute Gasteiger partial charge is 0.474 e. The van der Waals surface area contributed by atoms with Crippen LogP contribution in [0.2, 0.25) is 0 Å². The van der Waals surface area contributed by atoms with E-state index < -0.39 is 11.6 Å². The van der Waals surface area contributed by atoms with Gasteiger partial charge in [0.05, 0.1) is 31.5 Å². The monoisotopic (exact) mass is 697 g/mol. The average Bonchev–Trinajstić information content (AvgIpc) is 3.02. The molecular formula is C37H52FN5O7. The van der Waals surface area contributed by atoms with Crippen molar-refractivity contribution in [3.05, 3.63) is 53.0 Å². The topological polar surface area (TPSA) is 114 Å². The fourth-order valence-corrected chi connectivity index (χ4v) is 6.94. The summed E-state index contributed by atoms with van der Waals surface area (Å²) in [7, 11) is 0. The molecule has 2 aromatic rings. The molecule has 3 aliphatic rings. The molecule has 5 atom stereocenters. The molecular weight excluding hydrogens is 645 g/mol. The summed E-state index contributed by atoms with van der Waals surface area (Å²) < 4.78 is 36.6. The number of benzene rings is 1. The molecule has 0 saturated carbocycles. The number of amides is 2. The van der Waals surface area contributed by atoms with Crippen molar-refractivity contribution in [2.45, 2.75) is 104 Å². The summed E-state index contributed by atoms with van der Waals surface area (Å²) in [5, 5.41) is 0. The van der Waals surface area contributed by atoms with E-state index >= 15 is 0 Å². The number of rotatable bonds is 8. The number of pyridine rings is 1. The number of piperazine rings is 1. The van der Waals surface area contributed by atoms with E-state index in [1.807, 2.05) is 40.7 Å². The van der Waals surface area contributed by atoms with Crippen LogP contribution < -0.4 is 9.64 Å². The Morgan fingerprint density at radius 1 is 0.960 bits per heavy atom. The van der Waals surface area contributed by atoms with Gasteiger partial charge < -0.3 is 28.7 Å². The fourth-order valence-electron chi connectivity index (χ4n) is 6.94. The quantitative estimate of drug-likeness (QED) is 0.368. The van der Waals surface area contributed by atoms with Crippen LogP contribution in [-0.2, 0) is 36.8 Å². The van der Waals surface area contributed by atoms with E-state index in [-0.39, 0.29) is 73.7 Å². The van der Waals surface area contributed by atoms with Gasteiger partial charge in [0.1, 0.15) is 30.3 Å². The SMILES string of the molecule is CC(=O)OCc1nc2c(cc1Cc1ccc(F)cc1)N(C(=O)CN1C[C@@H](C)N(C(=O)OC(C)(C)C)C[C@@H]1CN1[C@H](C)COC[C@H]1C)[C@@H](C)CO2. The zero-order valence-electron chi connectivity index (χ0n) is 30.6. The van der Waals surface area contributed by atoms with Gasteiger partial charge in [0.2, 0.25) is 11.8 Å². The van der Waals surface area contributed by atoms with Gasteiger partial charge in [0.15, 0.2) is 0 Å². The molecule has 12 nitrogen and oxygen atoms in total. The van der Waals surface area contributed by atoms with Crippen molar-refractivity contribution in [3.8, 4) is 5.88 Å². The van der Waals surface area contributed by atoms with E-state index in [0.717, 1.165) is 11.1 Å². The van der Waals surface area contributed by atoms with Crippen LogP contribution in [0.3, 0.4) is 0 Å². The number of esters is 1. The lowest BCUT2D eigenvalue weighted by atomic mass is 10.0. The van der Waals surface area contributed by atoms with Crippen molar-refractivity contribution in [1.82, 2.24) is 19.7 Å². The molecule has 0 bridgehead atoms. The Morgan fingerprint density at radius 2 is 1.64 bits per heavy atom. The predicted octanol–water partition coefficient (Wildman–Crippen LogP) is 4.41. The standard InChI is InChI=1S/C37H52FN5O7/c1-23-15-40(31(16-41-24(2)19-47-20-25(41)3)17-42(23)36(46)50-37(6,7)8)18-34(45)43-26(4)21-49-35-33(43)14-29(32(39-35)22-48-27(5)44)13-28-9-11-30(38)12-10-28/h9-12,14,23-26,31H,13,15-22H2,1-8H3/t23-,24-,25-,26+,31+/m1/s1. The maximum Gasteiger partial charge on any atom is 0.410 e. The van der Waals surface area contributed by atoms with Crippen molar-refractivity contribution < 1.29 is 37.7 Å². The molecule has 0 spiro atoms. The van der Waals surface area contributed by atoms with Gasteiger partial charge >= 0.3 is 12.1 Å². The second-order valence-electron chi connectivity index (χ2n) is 14.9. The second kappa shape index (κ2) is 15.6. The highest BCUT2D eigenvalue weighted by molar-refractivity contribution is 5.97. The number of fused-ring (bicyclic) bond motifs is 1. The van der Waals surface area contributed by atoms with Crippen molar-refractivity contribution in [1.29, 1.82) is 0 Å². The first-order valence-electron chi connectivity index (χ1n) is 17.5. The maximum absolute atomic E-state index is 14.5. The van der Waals surface area contributed by atoms with E-state index in [1.165, 1.54) is 19.1 Å². The Morgan fingerprint density at radius 3 is 2.28 bits per heavy atom. The number of aromatic nitrogens is 1. The highest BCUT2D eigenvalue weighted by Gasteiger charge is 2.41. The number of nitrogens with zero attached hydrogens (tertiary/aromatic N) is 5. The van der Waals surface area contributed by atoms with Crippen LogP contribution in [0.25, 0.3) is 0 Å². The van der Waals surface area contributed by atoms with Crippen molar-refractivity contribution in [2.24, 2.45) is 0 Å². The molecule has 3 aliphatic heterocycles. The molecule has 4 heterocycles. The number of hydrogen-bond donors (Lipinski definition) is 0. The number of carbonyl (C=O) groups excluding carboxylic acids is 3. The van der Waals surface area contributed by atoms with Crippen LogP contribution in [0, 0.1) is 5.82 Å². The molecule has 274 valence electrons. The van der Waals surface area contributed by atoms with Crippen LogP contribution in [0.5, 0.6) is 5.88 Å². The van der Waals surface area contributed by atoms with Gasteiger partial charge in [-0.25, -0.2) is 14.2 Å². The number of ether oxygens (including phenoxy) is 4. The molecule has 0 N–H and O–H groups in total. The van der Waals surface area contributed by atoms with E-state index in [1.54, 1.807) is 21.9 Å². The van der Waals surface area contributed by atoms with Crippen LogP contribution in [0.1, 0.15) is 72.2 Å². The molecule has 0 aliphatic carbocycles. The van der Waals surface area contributed by atoms with Gasteiger partial charge in [-0.3, -0.25) is 19.4 Å². The molecule has 2 amide bonds. The molecule has 0 unspecified atom stereocenters. The normalized spacial score (nSPS) is 24.7. The summed E-state index contributed by atoms with van der Waals surface area (Å²) in [5.41, 5.74) is 1.98. The van der Waals surface area contributed by atoms with E-state index in [4.69, 9.17) is 23.9 Å². The molecule has 5 rings (SSSR count). The zero-order valence-corrected chi connectivity index (χ0v) is 30.6. The van der Waals surface area contributed by atoms with Gasteiger partial charge in [-0.15, -0.1) is 0 Å². The second-order valence-corrected chi connectivity index (χ2v) is 14.9. The Bertz CT molecular complexity index is 1520. The molecule has 2 fully saturated rings. The van der Waals surface area contributed by atoms with Gasteiger partial charge in [-0.1, -0.05) is 12.1 Å². The summed E-state index contributed by atoms with van der Waals surface area (Å²) in [4.78, 5) is 52.4. The molecule has 0 radical (unpaired) electrons. The average molecular weight is 698 g/mol. The highest BCUT2D eigenvalue weighted by atomic mass is 19.1. The Kier molecular flexibility index (Phi) is 11.7. The van der Waals surface area contributed by atoms with Gasteiger partial charge in [0.25, 0.3) is 0 Å². The summed E-state index contributed by atoms with van der Waals surface area (Å²) in [6, 6.07) is 7.81. The minimum absolute atomic E-state index is 0.0636. The smallest absolute Gasteiger partial charge is 0.410 e. The summed E-state index contributed by atoms with van der Waals surface area (Å²) in [6.07, 6.45) is 0.0273. The molecule has 2 saturated heterocycles. The Hall–Kier alpha value is -3.81. The van der Waals surface area contributed by atoms with Gasteiger partial charge in [-0.05, 0) is 84.2 Å². The van der Waals surface area contributed by atoms with Crippen molar-refractivity contribution in [2.75, 3.05) is 50.9 Å². The summed E-state index contributed by atoms with van der Waals surface area (Å²) >= 11 is 0. The lowest BCUT2D eigenvalue weighted by Crippen LogP contribution is -2.65. The third-order valence-corrected chi connectivity index (χ3v) is 9.48. The first-order valence-corrected chi connectivity index (χ1v) is 17.5. The number of morpholine rings is 1. The van der Waals surface area contributed by atoms with Crippen LogP contribution >= 0.6 is 0 Å². The first-order chi connectivity index (χ1) is 23.6. The predicted molar refractivity (Wildman–Crippen MR) is 186 cm³/mol. The first kappa shape index (κ1) is 37.4. The van der Waals surface area contributed by atoms with Crippen LogP contribution in [0.15, 0.2) is 30.3 Å². The third-order valence-electron chi connectivity index (χ3n) is 9.48. The molecule has 13 heteroatoms. The summed E-state index contributed by atoms with van der Waals surface area (Å²) in [5.74, 6) is -0.610. The number of halogens is 1. The number of carbonyl (C=O) groups is 3.